The summed E-state index contributed by atoms with van der Waals surface area (Å²) in [4.78, 5) is 2.28. The first-order valence-electron chi connectivity index (χ1n) is 6.19. The highest BCUT2D eigenvalue weighted by Crippen LogP contribution is 1.98. The van der Waals surface area contributed by atoms with Crippen LogP contribution in [0.1, 0.15) is 20.3 Å². The molecule has 0 saturated heterocycles. The number of nitrogens with two attached hydrogens (primary N) is 1. The van der Waals surface area contributed by atoms with Gasteiger partial charge in [0.2, 0.25) is 0 Å². The Kier molecular flexibility index (Phi) is 11.2. The number of methoxy groups -OCH3 is 1. The standard InChI is InChI=1S/C12H28N2O2/c1-12(2)4-9-16-11-8-14(6-5-13)7-10-15-3/h12H,4-11,13H2,1-3H3. The fourth-order valence-electron chi connectivity index (χ4n) is 1.35. The lowest BCUT2D eigenvalue weighted by molar-refractivity contribution is 0.0841. The van der Waals surface area contributed by atoms with Crippen LogP contribution in [0.5, 0.6) is 0 Å². The van der Waals surface area contributed by atoms with E-state index in [1.54, 1.807) is 7.11 Å². The zero-order valence-electron chi connectivity index (χ0n) is 11.1. The fourth-order valence-corrected chi connectivity index (χ4v) is 1.35. The maximum Gasteiger partial charge on any atom is 0.0593 e. The first kappa shape index (κ1) is 15.8. The third-order valence-electron chi connectivity index (χ3n) is 2.45. The molecule has 4 heteroatoms. The number of hydrogen-bond acceptors (Lipinski definition) is 4. The molecular weight excluding hydrogens is 204 g/mol. The van der Waals surface area contributed by atoms with Gasteiger partial charge < -0.3 is 15.2 Å². The molecule has 0 rings (SSSR count). The van der Waals surface area contributed by atoms with Crippen molar-refractivity contribution >= 4 is 0 Å². The summed E-state index contributed by atoms with van der Waals surface area (Å²) in [5, 5.41) is 0. The van der Waals surface area contributed by atoms with Crippen LogP contribution >= 0.6 is 0 Å². The number of hydrogen-bond donors (Lipinski definition) is 1. The summed E-state index contributed by atoms with van der Waals surface area (Å²) in [6.45, 7) is 10.3. The molecule has 0 spiro atoms. The molecule has 0 amide bonds. The molecule has 0 radical (unpaired) electrons. The van der Waals surface area contributed by atoms with Gasteiger partial charge in [0.05, 0.1) is 13.2 Å². The summed E-state index contributed by atoms with van der Waals surface area (Å²) >= 11 is 0. The van der Waals surface area contributed by atoms with Gasteiger partial charge in [-0.3, -0.25) is 4.90 Å². The second kappa shape index (κ2) is 11.3. The molecule has 0 bridgehead atoms. The number of nitrogens with zero attached hydrogens (tertiary/aromatic N) is 1. The van der Waals surface area contributed by atoms with Crippen molar-refractivity contribution in [1.29, 1.82) is 0 Å². The molecule has 0 atom stereocenters. The van der Waals surface area contributed by atoms with Gasteiger partial charge in [0.1, 0.15) is 0 Å². The van der Waals surface area contributed by atoms with Gasteiger partial charge in [0.15, 0.2) is 0 Å². The Labute approximate surface area is 100 Å². The molecule has 0 aliphatic rings. The molecule has 0 fully saturated rings. The Morgan fingerprint density at radius 2 is 1.75 bits per heavy atom. The zero-order valence-corrected chi connectivity index (χ0v) is 11.1. The lowest BCUT2D eigenvalue weighted by Crippen LogP contribution is -2.35. The SMILES string of the molecule is COCCN(CCN)CCOCCC(C)C. The lowest BCUT2D eigenvalue weighted by atomic mass is 10.1. The largest absolute Gasteiger partial charge is 0.383 e. The summed E-state index contributed by atoms with van der Waals surface area (Å²) in [6.07, 6.45) is 1.13. The number of ether oxygens (including phenoxy) is 2. The van der Waals surface area contributed by atoms with E-state index in [9.17, 15) is 0 Å². The van der Waals surface area contributed by atoms with Gasteiger partial charge in [0, 0.05) is 39.9 Å². The third kappa shape index (κ3) is 10.4. The molecule has 0 aromatic carbocycles. The highest BCUT2D eigenvalue weighted by atomic mass is 16.5. The molecule has 4 nitrogen and oxygen atoms in total. The molecule has 0 aromatic heterocycles. The predicted octanol–water partition coefficient (Wildman–Crippen LogP) is 0.956. The summed E-state index contributed by atoms with van der Waals surface area (Å²) < 4.78 is 10.6. The Bertz CT molecular complexity index is 143. The monoisotopic (exact) mass is 232 g/mol. The fraction of sp³-hybridized carbons (Fsp3) is 1.00. The lowest BCUT2D eigenvalue weighted by Gasteiger charge is -2.21. The van der Waals surface area contributed by atoms with Crippen LogP contribution in [0.2, 0.25) is 0 Å². The third-order valence-corrected chi connectivity index (χ3v) is 2.45. The summed E-state index contributed by atoms with van der Waals surface area (Å²) in [6, 6.07) is 0. The molecule has 0 aromatic rings. The minimum atomic E-state index is 0.690. The molecule has 0 saturated carbocycles. The normalized spacial score (nSPS) is 11.6. The van der Waals surface area contributed by atoms with Crippen molar-refractivity contribution in [2.75, 3.05) is 53.1 Å². The van der Waals surface area contributed by atoms with Crippen molar-refractivity contribution in [3.05, 3.63) is 0 Å². The first-order chi connectivity index (χ1) is 7.70. The van der Waals surface area contributed by atoms with Gasteiger partial charge >= 0.3 is 0 Å². The van der Waals surface area contributed by atoms with Gasteiger partial charge in [0.25, 0.3) is 0 Å². The Morgan fingerprint density at radius 1 is 1.06 bits per heavy atom. The van der Waals surface area contributed by atoms with Crippen LogP contribution in [0.3, 0.4) is 0 Å². The van der Waals surface area contributed by atoms with Crippen LogP contribution in [-0.4, -0.2) is 58.0 Å². The van der Waals surface area contributed by atoms with Crippen LogP contribution in [0.25, 0.3) is 0 Å². The average Bonchev–Trinajstić information content (AvgIpc) is 2.24. The highest BCUT2D eigenvalue weighted by Gasteiger charge is 2.03. The summed E-state index contributed by atoms with van der Waals surface area (Å²) in [5.74, 6) is 0.716. The zero-order chi connectivity index (χ0) is 12.2. The van der Waals surface area contributed by atoms with Crippen molar-refractivity contribution in [2.45, 2.75) is 20.3 Å². The van der Waals surface area contributed by atoms with Crippen LogP contribution < -0.4 is 5.73 Å². The molecule has 0 heterocycles. The first-order valence-corrected chi connectivity index (χ1v) is 6.19. The second-order valence-electron chi connectivity index (χ2n) is 4.42. The Balaban J connectivity index is 3.43. The summed E-state index contributed by atoms with van der Waals surface area (Å²) in [7, 11) is 1.72. The van der Waals surface area contributed by atoms with E-state index in [2.05, 4.69) is 18.7 Å². The summed E-state index contributed by atoms with van der Waals surface area (Å²) in [5.41, 5.74) is 5.55. The van der Waals surface area contributed by atoms with E-state index >= 15 is 0 Å². The van der Waals surface area contributed by atoms with Gasteiger partial charge in [-0.25, -0.2) is 0 Å². The Hall–Kier alpha value is -0.160. The molecule has 0 aliphatic heterocycles. The quantitative estimate of drug-likeness (QED) is 0.539. The maximum atomic E-state index is 5.58. The Morgan fingerprint density at radius 3 is 2.31 bits per heavy atom. The van der Waals surface area contributed by atoms with Crippen LogP contribution in [0.15, 0.2) is 0 Å². The number of rotatable bonds is 11. The van der Waals surface area contributed by atoms with Gasteiger partial charge in [-0.1, -0.05) is 13.8 Å². The van der Waals surface area contributed by atoms with E-state index in [1.165, 1.54) is 0 Å². The van der Waals surface area contributed by atoms with Crippen LogP contribution in [-0.2, 0) is 9.47 Å². The molecule has 98 valence electrons. The van der Waals surface area contributed by atoms with Gasteiger partial charge in [-0.2, -0.15) is 0 Å². The predicted molar refractivity (Wildman–Crippen MR) is 67.6 cm³/mol. The van der Waals surface area contributed by atoms with Gasteiger partial charge in [-0.15, -0.1) is 0 Å². The van der Waals surface area contributed by atoms with E-state index in [-0.39, 0.29) is 0 Å². The van der Waals surface area contributed by atoms with Gasteiger partial charge in [-0.05, 0) is 12.3 Å². The minimum absolute atomic E-state index is 0.690. The topological polar surface area (TPSA) is 47.7 Å². The van der Waals surface area contributed by atoms with Crippen molar-refractivity contribution in [2.24, 2.45) is 11.7 Å². The minimum Gasteiger partial charge on any atom is -0.383 e. The highest BCUT2D eigenvalue weighted by molar-refractivity contribution is 4.57. The average molecular weight is 232 g/mol. The van der Waals surface area contributed by atoms with E-state index < -0.39 is 0 Å². The van der Waals surface area contributed by atoms with E-state index in [0.717, 1.165) is 45.9 Å². The van der Waals surface area contributed by atoms with E-state index in [0.29, 0.717) is 12.5 Å². The van der Waals surface area contributed by atoms with Crippen LogP contribution in [0, 0.1) is 5.92 Å². The smallest absolute Gasteiger partial charge is 0.0593 e. The second-order valence-corrected chi connectivity index (χ2v) is 4.42. The van der Waals surface area contributed by atoms with E-state index in [4.69, 9.17) is 15.2 Å². The molecule has 0 aliphatic carbocycles. The molecule has 16 heavy (non-hydrogen) atoms. The molecular formula is C12H28N2O2. The molecule has 0 unspecified atom stereocenters. The van der Waals surface area contributed by atoms with Crippen molar-refractivity contribution in [1.82, 2.24) is 4.90 Å². The van der Waals surface area contributed by atoms with Crippen molar-refractivity contribution in [3.8, 4) is 0 Å². The maximum absolute atomic E-state index is 5.58. The molecule has 2 N–H and O–H groups in total. The van der Waals surface area contributed by atoms with Crippen molar-refractivity contribution < 1.29 is 9.47 Å². The van der Waals surface area contributed by atoms with Crippen LogP contribution in [0.4, 0.5) is 0 Å². The van der Waals surface area contributed by atoms with E-state index in [1.807, 2.05) is 0 Å². The van der Waals surface area contributed by atoms with Crippen molar-refractivity contribution in [3.63, 3.8) is 0 Å².